The quantitative estimate of drug-likeness (QED) is 0.881. The van der Waals surface area contributed by atoms with Crippen molar-refractivity contribution in [2.45, 2.75) is 13.0 Å². The van der Waals surface area contributed by atoms with Crippen molar-refractivity contribution in [3.05, 3.63) is 57.3 Å². The van der Waals surface area contributed by atoms with Crippen molar-refractivity contribution in [3.63, 3.8) is 0 Å². The summed E-state index contributed by atoms with van der Waals surface area (Å²) < 4.78 is 0.850. The summed E-state index contributed by atoms with van der Waals surface area (Å²) in [5, 5.41) is 3.57. The molecule has 0 bridgehead atoms. The van der Waals surface area contributed by atoms with Gasteiger partial charge in [0.1, 0.15) is 5.69 Å². The van der Waals surface area contributed by atoms with Crippen LogP contribution in [-0.4, -0.2) is 10.9 Å². The molecule has 0 radical (unpaired) electrons. The molecule has 1 aromatic heterocycles. The molecule has 0 aliphatic heterocycles. The second-order valence-corrected chi connectivity index (χ2v) is 5.33. The van der Waals surface area contributed by atoms with Gasteiger partial charge in [-0.05, 0) is 46.6 Å². The SMILES string of the molecule is CC(NC(=O)c1cc(Br)c[nH]1)c1cccc(Cl)c1. The first-order valence-corrected chi connectivity index (χ1v) is 6.63. The fourth-order valence-electron chi connectivity index (χ4n) is 1.63. The maximum absolute atomic E-state index is 11.9. The lowest BCUT2D eigenvalue weighted by molar-refractivity contribution is 0.0935. The molecule has 0 aliphatic rings. The smallest absolute Gasteiger partial charge is 0.268 e. The maximum Gasteiger partial charge on any atom is 0.268 e. The molecule has 0 saturated carbocycles. The molecule has 1 aromatic carbocycles. The molecule has 18 heavy (non-hydrogen) atoms. The van der Waals surface area contributed by atoms with E-state index in [1.807, 2.05) is 31.2 Å². The van der Waals surface area contributed by atoms with Crippen LogP contribution in [0, 0.1) is 0 Å². The highest BCUT2D eigenvalue weighted by atomic mass is 79.9. The first kappa shape index (κ1) is 13.2. The maximum atomic E-state index is 11.9. The zero-order valence-electron chi connectivity index (χ0n) is 9.71. The van der Waals surface area contributed by atoms with Crippen molar-refractivity contribution in [1.29, 1.82) is 0 Å². The minimum Gasteiger partial charge on any atom is -0.356 e. The van der Waals surface area contributed by atoms with Crippen molar-refractivity contribution < 1.29 is 4.79 Å². The molecule has 5 heteroatoms. The van der Waals surface area contributed by atoms with Crippen molar-refractivity contribution >= 4 is 33.4 Å². The summed E-state index contributed by atoms with van der Waals surface area (Å²) in [6.07, 6.45) is 1.72. The molecular weight excluding hydrogens is 316 g/mol. The summed E-state index contributed by atoms with van der Waals surface area (Å²) in [6, 6.07) is 9.09. The number of hydrogen-bond acceptors (Lipinski definition) is 1. The van der Waals surface area contributed by atoms with Crippen LogP contribution in [0.2, 0.25) is 5.02 Å². The van der Waals surface area contributed by atoms with Gasteiger partial charge in [0.25, 0.3) is 5.91 Å². The Morgan fingerprint density at radius 1 is 1.44 bits per heavy atom. The zero-order valence-corrected chi connectivity index (χ0v) is 12.0. The number of carbonyl (C=O) groups excluding carboxylic acids is 1. The Hall–Kier alpha value is -1.26. The predicted molar refractivity (Wildman–Crippen MR) is 75.8 cm³/mol. The van der Waals surface area contributed by atoms with Gasteiger partial charge in [0.15, 0.2) is 0 Å². The van der Waals surface area contributed by atoms with Gasteiger partial charge in [-0.1, -0.05) is 23.7 Å². The van der Waals surface area contributed by atoms with Crippen LogP contribution in [0.25, 0.3) is 0 Å². The van der Waals surface area contributed by atoms with Gasteiger partial charge in [0.05, 0.1) is 6.04 Å². The van der Waals surface area contributed by atoms with E-state index < -0.39 is 0 Å². The fraction of sp³-hybridized carbons (Fsp3) is 0.154. The Morgan fingerprint density at radius 3 is 2.83 bits per heavy atom. The van der Waals surface area contributed by atoms with Gasteiger partial charge >= 0.3 is 0 Å². The molecule has 0 aliphatic carbocycles. The lowest BCUT2D eigenvalue weighted by atomic mass is 10.1. The average Bonchev–Trinajstić information content (AvgIpc) is 2.76. The molecule has 0 spiro atoms. The number of nitrogens with one attached hydrogen (secondary N) is 2. The van der Waals surface area contributed by atoms with Gasteiger partial charge in [-0.2, -0.15) is 0 Å². The van der Waals surface area contributed by atoms with Gasteiger partial charge in [-0.15, -0.1) is 0 Å². The number of aromatic amines is 1. The van der Waals surface area contributed by atoms with E-state index in [-0.39, 0.29) is 11.9 Å². The van der Waals surface area contributed by atoms with E-state index in [2.05, 4.69) is 26.2 Å². The number of benzene rings is 1. The monoisotopic (exact) mass is 326 g/mol. The summed E-state index contributed by atoms with van der Waals surface area (Å²) >= 11 is 9.21. The normalized spacial score (nSPS) is 12.2. The predicted octanol–water partition coefficient (Wildman–Crippen LogP) is 3.92. The van der Waals surface area contributed by atoms with E-state index in [1.165, 1.54) is 0 Å². The van der Waals surface area contributed by atoms with Gasteiger partial charge < -0.3 is 10.3 Å². The molecule has 2 N–H and O–H groups in total. The highest BCUT2D eigenvalue weighted by Gasteiger charge is 2.12. The largest absolute Gasteiger partial charge is 0.356 e. The summed E-state index contributed by atoms with van der Waals surface area (Å²) in [5.74, 6) is -0.145. The standard InChI is InChI=1S/C13H12BrClN2O/c1-8(9-3-2-4-11(15)5-9)17-13(18)12-6-10(14)7-16-12/h2-8,16H,1H3,(H,17,18). The van der Waals surface area contributed by atoms with E-state index in [1.54, 1.807) is 12.3 Å². The number of hydrogen-bond donors (Lipinski definition) is 2. The van der Waals surface area contributed by atoms with Gasteiger partial charge in [0.2, 0.25) is 0 Å². The van der Waals surface area contributed by atoms with Crippen LogP contribution in [0.3, 0.4) is 0 Å². The third-order valence-corrected chi connectivity index (χ3v) is 3.28. The number of carbonyl (C=O) groups is 1. The molecule has 94 valence electrons. The molecule has 1 atom stereocenters. The van der Waals surface area contributed by atoms with Crippen LogP contribution >= 0.6 is 27.5 Å². The first-order valence-electron chi connectivity index (χ1n) is 5.46. The first-order chi connectivity index (χ1) is 8.56. The Bertz CT molecular complexity index is 568. The third kappa shape index (κ3) is 3.15. The van der Waals surface area contributed by atoms with E-state index in [4.69, 9.17) is 11.6 Å². The van der Waals surface area contributed by atoms with Gasteiger partial charge in [-0.25, -0.2) is 0 Å². The Kier molecular flexibility index (Phi) is 4.09. The van der Waals surface area contributed by atoms with Gasteiger partial charge in [-0.3, -0.25) is 4.79 Å². The molecule has 2 rings (SSSR count). The number of H-pyrrole nitrogens is 1. The Labute approximate surface area is 119 Å². The van der Waals surface area contributed by atoms with Crippen molar-refractivity contribution in [2.24, 2.45) is 0 Å². The van der Waals surface area contributed by atoms with Crippen LogP contribution in [-0.2, 0) is 0 Å². The number of rotatable bonds is 3. The summed E-state index contributed by atoms with van der Waals surface area (Å²) in [7, 11) is 0. The second-order valence-electron chi connectivity index (χ2n) is 3.98. The summed E-state index contributed by atoms with van der Waals surface area (Å²) in [6.45, 7) is 1.92. The lowest BCUT2D eigenvalue weighted by Gasteiger charge is -2.13. The van der Waals surface area contributed by atoms with Crippen LogP contribution < -0.4 is 5.32 Å². The molecule has 0 saturated heterocycles. The average molecular weight is 328 g/mol. The lowest BCUT2D eigenvalue weighted by Crippen LogP contribution is -2.26. The molecule has 0 fully saturated rings. The van der Waals surface area contributed by atoms with Crippen molar-refractivity contribution in [2.75, 3.05) is 0 Å². The van der Waals surface area contributed by atoms with E-state index in [0.717, 1.165) is 10.0 Å². The highest BCUT2D eigenvalue weighted by molar-refractivity contribution is 9.10. The summed E-state index contributed by atoms with van der Waals surface area (Å²) in [5.41, 5.74) is 1.50. The highest BCUT2D eigenvalue weighted by Crippen LogP contribution is 2.18. The molecule has 1 amide bonds. The van der Waals surface area contributed by atoms with Crippen molar-refractivity contribution in [3.8, 4) is 0 Å². The van der Waals surface area contributed by atoms with Crippen molar-refractivity contribution in [1.82, 2.24) is 10.3 Å². The molecule has 1 heterocycles. The molecular formula is C13H12BrClN2O. The zero-order chi connectivity index (χ0) is 13.1. The van der Waals surface area contributed by atoms with Crippen LogP contribution in [0.1, 0.15) is 29.0 Å². The van der Waals surface area contributed by atoms with E-state index >= 15 is 0 Å². The second kappa shape index (κ2) is 5.59. The Balaban J connectivity index is 2.07. The Morgan fingerprint density at radius 2 is 2.22 bits per heavy atom. The molecule has 1 unspecified atom stereocenters. The minimum atomic E-state index is -0.145. The molecule has 3 nitrogen and oxygen atoms in total. The van der Waals surface area contributed by atoms with E-state index in [0.29, 0.717) is 10.7 Å². The topological polar surface area (TPSA) is 44.9 Å². The van der Waals surface area contributed by atoms with Crippen LogP contribution in [0.5, 0.6) is 0 Å². The number of amides is 1. The minimum absolute atomic E-state index is 0.0988. The number of halogens is 2. The summed E-state index contributed by atoms with van der Waals surface area (Å²) in [4.78, 5) is 14.8. The van der Waals surface area contributed by atoms with E-state index in [9.17, 15) is 4.79 Å². The number of aromatic nitrogens is 1. The van der Waals surface area contributed by atoms with Crippen LogP contribution in [0.15, 0.2) is 41.0 Å². The van der Waals surface area contributed by atoms with Gasteiger partial charge in [0, 0.05) is 15.7 Å². The molecule has 2 aromatic rings. The third-order valence-electron chi connectivity index (χ3n) is 2.59. The fourth-order valence-corrected chi connectivity index (χ4v) is 2.17. The van der Waals surface area contributed by atoms with Crippen LogP contribution in [0.4, 0.5) is 0 Å².